The summed E-state index contributed by atoms with van der Waals surface area (Å²) >= 11 is 0. The minimum absolute atomic E-state index is 0.0194. The zero-order valence-corrected chi connectivity index (χ0v) is 10.8. The van der Waals surface area contributed by atoms with Crippen LogP contribution in [0.1, 0.15) is 24.7 Å². The lowest BCUT2D eigenvalue weighted by Gasteiger charge is -2.12. The molecule has 5 heteroatoms. The van der Waals surface area contributed by atoms with Crippen LogP contribution in [0.4, 0.5) is 11.4 Å². The van der Waals surface area contributed by atoms with E-state index in [0.717, 1.165) is 35.6 Å². The van der Waals surface area contributed by atoms with Gasteiger partial charge in [0.25, 0.3) is 0 Å². The molecule has 1 aliphatic rings. The van der Waals surface area contributed by atoms with Crippen LogP contribution in [0.5, 0.6) is 0 Å². The van der Waals surface area contributed by atoms with E-state index in [-0.39, 0.29) is 5.91 Å². The maximum Gasteiger partial charge on any atom is 0.228 e. The predicted octanol–water partition coefficient (Wildman–Crippen LogP) is 1.90. The van der Waals surface area contributed by atoms with Crippen molar-refractivity contribution in [3.05, 3.63) is 35.9 Å². The van der Waals surface area contributed by atoms with Crippen molar-refractivity contribution in [2.45, 2.75) is 26.2 Å². The molecule has 1 amide bonds. The summed E-state index contributed by atoms with van der Waals surface area (Å²) in [6.07, 6.45) is 6.01. The Morgan fingerprint density at radius 1 is 1.47 bits per heavy atom. The van der Waals surface area contributed by atoms with Gasteiger partial charge in [0.2, 0.25) is 5.91 Å². The summed E-state index contributed by atoms with van der Waals surface area (Å²) in [5, 5.41) is 2.85. The van der Waals surface area contributed by atoms with Crippen molar-refractivity contribution in [2.24, 2.45) is 0 Å². The summed E-state index contributed by atoms with van der Waals surface area (Å²) < 4.78 is 1.99. The number of nitrogen functional groups attached to an aromatic ring is 1. The molecule has 2 aromatic rings. The molecule has 5 nitrogen and oxygen atoms in total. The number of nitrogens with zero attached hydrogens (tertiary/aromatic N) is 2. The molecule has 1 aromatic carbocycles. The maximum atomic E-state index is 11.4. The van der Waals surface area contributed by atoms with Crippen molar-refractivity contribution in [3.63, 3.8) is 0 Å². The zero-order chi connectivity index (χ0) is 13.4. The van der Waals surface area contributed by atoms with Crippen LogP contribution in [0.25, 0.3) is 5.69 Å². The molecule has 0 saturated carbocycles. The maximum absolute atomic E-state index is 11.4. The van der Waals surface area contributed by atoms with Crippen molar-refractivity contribution in [1.82, 2.24) is 9.55 Å². The van der Waals surface area contributed by atoms with Crippen molar-refractivity contribution in [1.29, 1.82) is 0 Å². The molecule has 0 atom stereocenters. The average Bonchev–Trinajstić information content (AvgIpc) is 2.94. The Kier molecular flexibility index (Phi) is 2.74. The highest BCUT2D eigenvalue weighted by atomic mass is 16.1. The molecule has 0 unspecified atom stereocenters. The van der Waals surface area contributed by atoms with Crippen molar-refractivity contribution in [3.8, 4) is 5.69 Å². The highest BCUT2D eigenvalue weighted by Crippen LogP contribution is 2.31. The van der Waals surface area contributed by atoms with Crippen LogP contribution in [0.15, 0.2) is 24.5 Å². The zero-order valence-electron chi connectivity index (χ0n) is 10.8. The first-order valence-electron chi connectivity index (χ1n) is 6.44. The van der Waals surface area contributed by atoms with E-state index in [0.29, 0.717) is 12.1 Å². The first-order chi connectivity index (χ1) is 9.19. The number of hydrogen-bond acceptors (Lipinski definition) is 3. The molecule has 98 valence electrons. The number of nitrogens with two attached hydrogens (primary N) is 1. The number of aryl methyl sites for hydroxylation is 1. The summed E-state index contributed by atoms with van der Waals surface area (Å²) in [6.45, 7) is 2.12. The van der Waals surface area contributed by atoms with E-state index in [1.54, 1.807) is 6.20 Å². The highest BCUT2D eigenvalue weighted by Gasteiger charge is 2.20. The Balaban J connectivity index is 2.08. The van der Waals surface area contributed by atoms with Crippen LogP contribution in [0.3, 0.4) is 0 Å². The van der Waals surface area contributed by atoms with Crippen molar-refractivity contribution >= 4 is 17.3 Å². The quantitative estimate of drug-likeness (QED) is 0.824. The Hall–Kier alpha value is -2.30. The third-order valence-electron chi connectivity index (χ3n) is 3.33. The van der Waals surface area contributed by atoms with Crippen molar-refractivity contribution in [2.75, 3.05) is 11.1 Å². The van der Waals surface area contributed by atoms with Crippen molar-refractivity contribution < 1.29 is 4.79 Å². The van der Waals surface area contributed by atoms with Crippen LogP contribution < -0.4 is 11.1 Å². The predicted molar refractivity (Wildman–Crippen MR) is 74.3 cm³/mol. The SMILES string of the molecule is CCCc1nccn1-c1cc2c(cc1N)CC(=O)N2. The lowest BCUT2D eigenvalue weighted by molar-refractivity contribution is -0.115. The number of aromatic nitrogens is 2. The molecule has 19 heavy (non-hydrogen) atoms. The Bertz CT molecular complexity index is 645. The monoisotopic (exact) mass is 256 g/mol. The molecule has 0 saturated heterocycles. The number of carbonyl (C=O) groups is 1. The number of fused-ring (bicyclic) bond motifs is 1. The second-order valence-corrected chi connectivity index (χ2v) is 4.76. The minimum atomic E-state index is 0.0194. The van der Waals surface area contributed by atoms with Gasteiger partial charge in [0.05, 0.1) is 17.8 Å². The number of anilines is 2. The first kappa shape index (κ1) is 11.8. The lowest BCUT2D eigenvalue weighted by atomic mass is 10.1. The van der Waals surface area contributed by atoms with E-state index in [4.69, 9.17) is 5.73 Å². The Labute approximate surface area is 111 Å². The number of amides is 1. The van der Waals surface area contributed by atoms with Gasteiger partial charge in [-0.15, -0.1) is 0 Å². The molecule has 3 N–H and O–H groups in total. The number of imidazole rings is 1. The number of hydrogen-bond donors (Lipinski definition) is 2. The summed E-state index contributed by atoms with van der Waals surface area (Å²) in [7, 11) is 0. The third-order valence-corrected chi connectivity index (χ3v) is 3.33. The molecule has 2 heterocycles. The van der Waals surface area contributed by atoms with Crippen LogP contribution in [0.2, 0.25) is 0 Å². The molecule has 1 aromatic heterocycles. The average molecular weight is 256 g/mol. The topological polar surface area (TPSA) is 72.9 Å². The third kappa shape index (κ3) is 1.97. The molecular weight excluding hydrogens is 240 g/mol. The largest absolute Gasteiger partial charge is 0.397 e. The van der Waals surface area contributed by atoms with E-state index in [1.165, 1.54) is 0 Å². The Morgan fingerprint density at radius 2 is 2.32 bits per heavy atom. The van der Waals surface area contributed by atoms with E-state index in [2.05, 4.69) is 17.2 Å². The van der Waals surface area contributed by atoms with Gasteiger partial charge in [-0.25, -0.2) is 4.98 Å². The summed E-state index contributed by atoms with van der Waals surface area (Å²) in [5.74, 6) is 1.00. The molecule has 0 bridgehead atoms. The molecule has 0 fully saturated rings. The van der Waals surface area contributed by atoms with Crippen LogP contribution in [-0.4, -0.2) is 15.5 Å². The first-order valence-corrected chi connectivity index (χ1v) is 6.44. The number of nitrogens with one attached hydrogen (secondary N) is 1. The molecule has 3 rings (SSSR count). The fourth-order valence-corrected chi connectivity index (χ4v) is 2.45. The number of benzene rings is 1. The summed E-state index contributed by atoms with van der Waals surface area (Å²) in [5.41, 5.74) is 9.47. The van der Waals surface area contributed by atoms with E-state index < -0.39 is 0 Å². The van der Waals surface area contributed by atoms with Gasteiger partial charge in [0.1, 0.15) is 5.82 Å². The fourth-order valence-electron chi connectivity index (χ4n) is 2.45. The molecule has 0 radical (unpaired) electrons. The van der Waals surface area contributed by atoms with Crippen LogP contribution in [0, 0.1) is 0 Å². The second-order valence-electron chi connectivity index (χ2n) is 4.76. The number of rotatable bonds is 3. The lowest BCUT2D eigenvalue weighted by Crippen LogP contribution is -2.05. The Morgan fingerprint density at radius 3 is 3.11 bits per heavy atom. The molecule has 1 aliphatic heterocycles. The van der Waals surface area contributed by atoms with E-state index >= 15 is 0 Å². The van der Waals surface area contributed by atoms with E-state index in [9.17, 15) is 4.79 Å². The van der Waals surface area contributed by atoms with E-state index in [1.807, 2.05) is 22.9 Å². The van der Waals surface area contributed by atoms with Gasteiger partial charge in [-0.3, -0.25) is 4.79 Å². The van der Waals surface area contributed by atoms with Gasteiger partial charge in [-0.05, 0) is 24.1 Å². The van der Waals surface area contributed by atoms with Crippen LogP contribution in [-0.2, 0) is 17.6 Å². The highest BCUT2D eigenvalue weighted by molar-refractivity contribution is 6.00. The molecule has 0 spiro atoms. The molecule has 0 aliphatic carbocycles. The van der Waals surface area contributed by atoms with Gasteiger partial charge in [-0.2, -0.15) is 0 Å². The number of carbonyl (C=O) groups excluding carboxylic acids is 1. The standard InChI is InChI=1S/C14H16N4O/c1-2-3-13-16-4-5-18(13)12-8-11-9(6-10(12)15)7-14(19)17-11/h4-6,8H,2-3,7,15H2,1H3,(H,17,19). The summed E-state index contributed by atoms with van der Waals surface area (Å²) in [6, 6.07) is 3.80. The molecular formula is C14H16N4O. The normalized spacial score (nSPS) is 13.4. The van der Waals surface area contributed by atoms with Gasteiger partial charge >= 0.3 is 0 Å². The summed E-state index contributed by atoms with van der Waals surface area (Å²) in [4.78, 5) is 15.8. The minimum Gasteiger partial charge on any atom is -0.397 e. The van der Waals surface area contributed by atoms with Gasteiger partial charge in [0, 0.05) is 24.5 Å². The second kappa shape index (κ2) is 4.42. The van der Waals surface area contributed by atoms with Gasteiger partial charge in [0.15, 0.2) is 0 Å². The smallest absolute Gasteiger partial charge is 0.228 e. The van der Waals surface area contributed by atoms with Crippen LogP contribution >= 0.6 is 0 Å². The van der Waals surface area contributed by atoms with Gasteiger partial charge in [-0.1, -0.05) is 6.92 Å². The fraction of sp³-hybridized carbons (Fsp3) is 0.286. The van der Waals surface area contributed by atoms with Gasteiger partial charge < -0.3 is 15.6 Å².